The second kappa shape index (κ2) is 9.74. The summed E-state index contributed by atoms with van der Waals surface area (Å²) in [5, 5.41) is 9.33. The number of nitrogens with one attached hydrogen (secondary N) is 4. The van der Waals surface area contributed by atoms with Gasteiger partial charge in [0, 0.05) is 25.5 Å². The van der Waals surface area contributed by atoms with Gasteiger partial charge in [-0.05, 0) is 42.3 Å². The molecular weight excluding hydrogens is 479 g/mol. The summed E-state index contributed by atoms with van der Waals surface area (Å²) in [5.74, 6) is -0.294. The van der Waals surface area contributed by atoms with Crippen molar-refractivity contribution in [3.63, 3.8) is 0 Å². The lowest BCUT2D eigenvalue weighted by Gasteiger charge is -2.19. The van der Waals surface area contributed by atoms with Crippen LogP contribution in [-0.4, -0.2) is 54.0 Å². The highest BCUT2D eigenvalue weighted by Crippen LogP contribution is 2.39. The molecule has 0 unspecified atom stereocenters. The molecule has 0 atom stereocenters. The highest BCUT2D eigenvalue weighted by Gasteiger charge is 2.26. The number of fused-ring (bicyclic) bond motifs is 2. The number of aromatic nitrogens is 3. The number of carbonyl (C=O) groups is 2. The Bertz CT molecular complexity index is 1520. The van der Waals surface area contributed by atoms with Gasteiger partial charge in [0.1, 0.15) is 23.0 Å². The second-order valence-electron chi connectivity index (χ2n) is 8.31. The summed E-state index contributed by atoms with van der Waals surface area (Å²) in [5.41, 5.74) is 8.48. The lowest BCUT2D eigenvalue weighted by molar-refractivity contribution is -0.117. The predicted molar refractivity (Wildman–Crippen MR) is 138 cm³/mol. The number of halogens is 1. The molecule has 2 aromatic carbocycles. The zero-order valence-electron chi connectivity index (χ0n) is 20.2. The molecule has 0 saturated heterocycles. The van der Waals surface area contributed by atoms with Crippen molar-refractivity contribution in [2.24, 2.45) is 5.73 Å². The van der Waals surface area contributed by atoms with Crippen LogP contribution in [0, 0.1) is 5.82 Å². The Hall–Kier alpha value is -4.71. The number of H-pyrrole nitrogens is 1. The highest BCUT2D eigenvalue weighted by atomic mass is 19.1. The normalized spacial score (nSPS) is 12.4. The summed E-state index contributed by atoms with van der Waals surface area (Å²) in [7, 11) is 2.98. The van der Waals surface area contributed by atoms with E-state index in [0.717, 1.165) is 11.3 Å². The fourth-order valence-corrected chi connectivity index (χ4v) is 4.38. The van der Waals surface area contributed by atoms with Gasteiger partial charge in [-0.1, -0.05) is 6.07 Å². The molecule has 11 nitrogen and oxygen atoms in total. The first kappa shape index (κ1) is 24.0. The standard InChI is InChI=1S/C25H25FN8O3/c1-28-24(36)21-15(26)4-3-5-16(21)30-23-14-6-8-29-22(14)32-25(33-23)31-17-11-18-13(10-19(17)37-2)7-9-34(18)20(35)12-27/h3-6,8,10-11H,7,9,12,27H2,1-2H3,(H,28,36)(H3,29,30,31,32,33). The summed E-state index contributed by atoms with van der Waals surface area (Å²) in [4.78, 5) is 38.5. The van der Waals surface area contributed by atoms with Gasteiger partial charge < -0.3 is 36.3 Å². The Morgan fingerprint density at radius 2 is 2.03 bits per heavy atom. The number of aromatic amines is 1. The van der Waals surface area contributed by atoms with Gasteiger partial charge in [0.15, 0.2) is 0 Å². The van der Waals surface area contributed by atoms with Crippen molar-refractivity contribution in [1.82, 2.24) is 20.3 Å². The van der Waals surface area contributed by atoms with Crippen LogP contribution >= 0.6 is 0 Å². The summed E-state index contributed by atoms with van der Waals surface area (Å²) < 4.78 is 20.1. The zero-order chi connectivity index (χ0) is 26.1. The molecule has 37 heavy (non-hydrogen) atoms. The molecular formula is C25H25FN8O3. The number of nitrogens with two attached hydrogens (primary N) is 1. The zero-order valence-corrected chi connectivity index (χ0v) is 20.2. The van der Waals surface area contributed by atoms with E-state index in [-0.39, 0.29) is 29.7 Å². The number of anilines is 5. The number of amides is 2. The van der Waals surface area contributed by atoms with Crippen LogP contribution < -0.4 is 31.3 Å². The van der Waals surface area contributed by atoms with Crippen molar-refractivity contribution in [2.45, 2.75) is 6.42 Å². The van der Waals surface area contributed by atoms with Crippen LogP contribution in [-0.2, 0) is 11.2 Å². The minimum atomic E-state index is -0.665. The van der Waals surface area contributed by atoms with Crippen molar-refractivity contribution >= 4 is 51.7 Å². The monoisotopic (exact) mass is 504 g/mol. The van der Waals surface area contributed by atoms with Crippen molar-refractivity contribution in [1.29, 1.82) is 0 Å². The molecule has 190 valence electrons. The third-order valence-corrected chi connectivity index (χ3v) is 6.15. The van der Waals surface area contributed by atoms with Crippen molar-refractivity contribution < 1.29 is 18.7 Å². The Morgan fingerprint density at radius 1 is 1.19 bits per heavy atom. The molecule has 2 aromatic heterocycles. The quantitative estimate of drug-likeness (QED) is 0.258. The van der Waals surface area contributed by atoms with E-state index in [1.165, 1.54) is 19.2 Å². The maximum Gasteiger partial charge on any atom is 0.256 e. The third kappa shape index (κ3) is 4.38. The van der Waals surface area contributed by atoms with Gasteiger partial charge in [0.2, 0.25) is 11.9 Å². The minimum absolute atomic E-state index is 0.0893. The lowest BCUT2D eigenvalue weighted by atomic mass is 10.1. The molecule has 0 bridgehead atoms. The van der Waals surface area contributed by atoms with Crippen molar-refractivity contribution in [3.8, 4) is 5.75 Å². The van der Waals surface area contributed by atoms with Gasteiger partial charge in [-0.3, -0.25) is 9.59 Å². The first-order chi connectivity index (χ1) is 17.9. The lowest BCUT2D eigenvalue weighted by Crippen LogP contribution is -2.34. The summed E-state index contributed by atoms with van der Waals surface area (Å²) in [6.07, 6.45) is 2.39. The van der Waals surface area contributed by atoms with E-state index in [1.807, 2.05) is 6.07 Å². The van der Waals surface area contributed by atoms with Crippen LogP contribution in [0.25, 0.3) is 11.0 Å². The summed E-state index contributed by atoms with van der Waals surface area (Å²) in [6, 6.07) is 9.76. The molecule has 6 N–H and O–H groups in total. The number of carbonyl (C=O) groups excluding carboxylic acids is 2. The Labute approximate surface area is 211 Å². The number of ether oxygens (including phenoxy) is 1. The first-order valence-electron chi connectivity index (χ1n) is 11.5. The molecule has 0 aliphatic carbocycles. The van der Waals surface area contributed by atoms with Crippen LogP contribution in [0.5, 0.6) is 5.75 Å². The molecule has 0 spiro atoms. The Kier molecular flexibility index (Phi) is 6.32. The second-order valence-corrected chi connectivity index (χ2v) is 8.31. The fraction of sp³-hybridized carbons (Fsp3) is 0.200. The number of hydrogen-bond acceptors (Lipinski definition) is 8. The van der Waals surface area contributed by atoms with Crippen LogP contribution in [0.2, 0.25) is 0 Å². The maximum absolute atomic E-state index is 14.5. The number of methoxy groups -OCH3 is 1. The molecule has 3 heterocycles. The van der Waals surface area contributed by atoms with Crippen molar-refractivity contribution in [3.05, 3.63) is 59.5 Å². The molecule has 2 amide bonds. The van der Waals surface area contributed by atoms with Crippen molar-refractivity contribution in [2.75, 3.05) is 42.8 Å². The molecule has 4 aromatic rings. The molecule has 0 radical (unpaired) electrons. The molecule has 1 aliphatic heterocycles. The number of nitrogens with zero attached hydrogens (tertiary/aromatic N) is 3. The molecule has 5 rings (SSSR count). The Balaban J connectivity index is 1.54. The van der Waals surface area contributed by atoms with Crippen LogP contribution in [0.4, 0.5) is 33.2 Å². The van der Waals surface area contributed by atoms with Gasteiger partial charge >= 0.3 is 0 Å². The van der Waals surface area contributed by atoms with E-state index in [9.17, 15) is 14.0 Å². The van der Waals surface area contributed by atoms with E-state index < -0.39 is 11.7 Å². The molecule has 0 fully saturated rings. The van der Waals surface area contributed by atoms with Crippen LogP contribution in [0.15, 0.2) is 42.6 Å². The van der Waals surface area contributed by atoms with E-state index in [0.29, 0.717) is 41.3 Å². The predicted octanol–water partition coefficient (Wildman–Crippen LogP) is 2.80. The third-order valence-electron chi connectivity index (χ3n) is 6.15. The molecule has 0 saturated carbocycles. The van der Waals surface area contributed by atoms with Gasteiger partial charge in [-0.15, -0.1) is 0 Å². The van der Waals surface area contributed by atoms with E-state index in [2.05, 4.69) is 30.9 Å². The summed E-state index contributed by atoms with van der Waals surface area (Å²) in [6.45, 7) is 0.451. The maximum atomic E-state index is 14.5. The van der Waals surface area contributed by atoms with Gasteiger partial charge in [-0.25, -0.2) is 4.39 Å². The fourth-order valence-electron chi connectivity index (χ4n) is 4.38. The number of benzene rings is 2. The largest absolute Gasteiger partial charge is 0.495 e. The highest BCUT2D eigenvalue weighted by molar-refractivity contribution is 6.02. The SMILES string of the molecule is CNC(=O)c1c(F)cccc1Nc1nc(Nc2cc3c(cc2OC)CCN3C(=O)CN)nc2[nH]ccc12. The van der Waals surface area contributed by atoms with E-state index in [1.54, 1.807) is 36.4 Å². The minimum Gasteiger partial charge on any atom is -0.495 e. The van der Waals surface area contributed by atoms with Gasteiger partial charge in [0.25, 0.3) is 5.91 Å². The molecule has 12 heteroatoms. The first-order valence-corrected chi connectivity index (χ1v) is 11.5. The molecule has 1 aliphatic rings. The number of rotatable bonds is 7. The van der Waals surface area contributed by atoms with Gasteiger partial charge in [-0.2, -0.15) is 9.97 Å². The average Bonchev–Trinajstić information content (AvgIpc) is 3.54. The van der Waals surface area contributed by atoms with Crippen LogP contribution in [0.1, 0.15) is 15.9 Å². The van der Waals surface area contributed by atoms with Gasteiger partial charge in [0.05, 0.1) is 36.0 Å². The topological polar surface area (TPSA) is 150 Å². The number of hydrogen-bond donors (Lipinski definition) is 5. The van der Waals surface area contributed by atoms with E-state index in [4.69, 9.17) is 10.5 Å². The summed E-state index contributed by atoms with van der Waals surface area (Å²) >= 11 is 0. The van der Waals surface area contributed by atoms with Crippen LogP contribution in [0.3, 0.4) is 0 Å². The Morgan fingerprint density at radius 3 is 2.78 bits per heavy atom. The van der Waals surface area contributed by atoms with E-state index >= 15 is 0 Å². The smallest absolute Gasteiger partial charge is 0.256 e. The average molecular weight is 505 g/mol.